The van der Waals surface area contributed by atoms with Crippen molar-refractivity contribution in [2.45, 2.75) is 28.7 Å². The minimum absolute atomic E-state index is 0.0551. The first-order valence-electron chi connectivity index (χ1n) is 10.7. The Bertz CT molecular complexity index is 1110. The molecule has 1 saturated heterocycles. The molecule has 0 saturated carbocycles. The highest BCUT2D eigenvalue weighted by Crippen LogP contribution is 2.48. The van der Waals surface area contributed by atoms with Gasteiger partial charge in [0.05, 0.1) is 28.7 Å². The van der Waals surface area contributed by atoms with Crippen molar-refractivity contribution in [1.82, 2.24) is 5.32 Å². The number of benzene rings is 3. The molecule has 5 rings (SSSR count). The number of carbonyl (C=O) groups excluding carboxylic acids is 2. The fraction of sp³-hybridized carbons (Fsp3) is 0.200. The SMILES string of the molecule is O=C(NC[C@@H]1CCCO1)c1ccccc1NC(=O)N1c2ccccc2Sc2ccccc21. The molecule has 2 aliphatic rings. The summed E-state index contributed by atoms with van der Waals surface area (Å²) in [6, 6.07) is 22.4. The molecule has 0 unspecified atom stereocenters. The zero-order chi connectivity index (χ0) is 21.9. The van der Waals surface area contributed by atoms with Crippen LogP contribution < -0.4 is 15.5 Å². The Morgan fingerprint density at radius 1 is 0.938 bits per heavy atom. The third-order valence-electron chi connectivity index (χ3n) is 5.56. The number of carbonyl (C=O) groups is 2. The van der Waals surface area contributed by atoms with Gasteiger partial charge in [0.1, 0.15) is 0 Å². The summed E-state index contributed by atoms with van der Waals surface area (Å²) in [4.78, 5) is 30.0. The van der Waals surface area contributed by atoms with Crippen LogP contribution in [-0.4, -0.2) is 31.2 Å². The van der Waals surface area contributed by atoms with E-state index in [2.05, 4.69) is 10.6 Å². The summed E-state index contributed by atoms with van der Waals surface area (Å²) < 4.78 is 5.59. The maximum Gasteiger partial charge on any atom is 0.331 e. The van der Waals surface area contributed by atoms with Gasteiger partial charge in [-0.25, -0.2) is 4.79 Å². The molecule has 0 bridgehead atoms. The van der Waals surface area contributed by atoms with Gasteiger partial charge in [0.25, 0.3) is 5.91 Å². The topological polar surface area (TPSA) is 70.7 Å². The highest BCUT2D eigenvalue weighted by molar-refractivity contribution is 7.99. The van der Waals surface area contributed by atoms with E-state index in [1.807, 2.05) is 48.5 Å². The molecule has 2 heterocycles. The van der Waals surface area contributed by atoms with Crippen LogP contribution in [0.5, 0.6) is 0 Å². The Morgan fingerprint density at radius 3 is 2.28 bits per heavy atom. The van der Waals surface area contributed by atoms with E-state index in [-0.39, 0.29) is 18.0 Å². The van der Waals surface area contributed by atoms with Crippen LogP contribution in [0.4, 0.5) is 21.9 Å². The molecule has 3 aromatic rings. The number of anilines is 3. The van der Waals surface area contributed by atoms with Gasteiger partial charge in [-0.3, -0.25) is 9.69 Å². The predicted molar refractivity (Wildman–Crippen MR) is 126 cm³/mol. The quantitative estimate of drug-likeness (QED) is 0.562. The summed E-state index contributed by atoms with van der Waals surface area (Å²) in [5.41, 5.74) is 2.52. The van der Waals surface area contributed by atoms with E-state index in [1.54, 1.807) is 40.9 Å². The summed E-state index contributed by atoms with van der Waals surface area (Å²) in [6.07, 6.45) is 2.02. The fourth-order valence-electron chi connectivity index (χ4n) is 3.99. The van der Waals surface area contributed by atoms with Crippen LogP contribution >= 0.6 is 11.8 Å². The van der Waals surface area contributed by atoms with Crippen LogP contribution in [0.1, 0.15) is 23.2 Å². The molecule has 1 atom stereocenters. The molecule has 0 radical (unpaired) electrons. The Kier molecular flexibility index (Phi) is 5.83. The first-order valence-corrected chi connectivity index (χ1v) is 11.5. The van der Waals surface area contributed by atoms with Crippen LogP contribution in [0.25, 0.3) is 0 Å². The molecular formula is C25H23N3O3S. The molecule has 7 heteroatoms. The molecule has 32 heavy (non-hydrogen) atoms. The predicted octanol–water partition coefficient (Wildman–Crippen LogP) is 5.43. The van der Waals surface area contributed by atoms with Crippen molar-refractivity contribution < 1.29 is 14.3 Å². The lowest BCUT2D eigenvalue weighted by Crippen LogP contribution is -2.35. The van der Waals surface area contributed by atoms with Crippen LogP contribution in [-0.2, 0) is 4.74 Å². The number of nitrogens with one attached hydrogen (secondary N) is 2. The highest BCUT2D eigenvalue weighted by Gasteiger charge is 2.28. The van der Waals surface area contributed by atoms with Crippen LogP contribution in [0.2, 0.25) is 0 Å². The zero-order valence-corrected chi connectivity index (χ0v) is 18.2. The smallest absolute Gasteiger partial charge is 0.331 e. The Morgan fingerprint density at radius 2 is 1.59 bits per heavy atom. The number of fused-ring (bicyclic) bond motifs is 2. The third kappa shape index (κ3) is 4.09. The molecule has 0 spiro atoms. The Hall–Kier alpha value is -3.29. The van der Waals surface area contributed by atoms with Gasteiger partial charge in [-0.1, -0.05) is 48.2 Å². The van der Waals surface area contributed by atoms with Gasteiger partial charge in [0.15, 0.2) is 0 Å². The number of amides is 3. The third-order valence-corrected chi connectivity index (χ3v) is 6.69. The number of para-hydroxylation sites is 3. The second-order valence-electron chi connectivity index (χ2n) is 7.69. The normalized spacial score (nSPS) is 16.8. The van der Waals surface area contributed by atoms with E-state index in [1.165, 1.54) is 0 Å². The molecule has 162 valence electrons. The van der Waals surface area contributed by atoms with Crippen LogP contribution in [0.3, 0.4) is 0 Å². The molecule has 6 nitrogen and oxygen atoms in total. The Labute approximate surface area is 191 Å². The fourth-order valence-corrected chi connectivity index (χ4v) is 5.05. The second-order valence-corrected chi connectivity index (χ2v) is 8.78. The zero-order valence-electron chi connectivity index (χ0n) is 17.4. The van der Waals surface area contributed by atoms with Gasteiger partial charge >= 0.3 is 6.03 Å². The minimum Gasteiger partial charge on any atom is -0.376 e. The van der Waals surface area contributed by atoms with Crippen molar-refractivity contribution in [1.29, 1.82) is 0 Å². The first kappa shape index (κ1) is 20.6. The Balaban J connectivity index is 1.40. The highest BCUT2D eigenvalue weighted by atomic mass is 32.2. The van der Waals surface area contributed by atoms with E-state index in [4.69, 9.17) is 4.74 Å². The number of ether oxygens (including phenoxy) is 1. The monoisotopic (exact) mass is 445 g/mol. The lowest BCUT2D eigenvalue weighted by Gasteiger charge is -2.31. The lowest BCUT2D eigenvalue weighted by molar-refractivity contribution is 0.0858. The molecule has 0 aliphatic carbocycles. The summed E-state index contributed by atoms with van der Waals surface area (Å²) >= 11 is 1.64. The van der Waals surface area contributed by atoms with E-state index in [0.29, 0.717) is 17.8 Å². The van der Waals surface area contributed by atoms with Crippen molar-refractivity contribution in [3.63, 3.8) is 0 Å². The lowest BCUT2D eigenvalue weighted by atomic mass is 10.1. The maximum atomic E-state index is 13.5. The van der Waals surface area contributed by atoms with E-state index in [0.717, 1.165) is 40.6 Å². The van der Waals surface area contributed by atoms with Crippen LogP contribution in [0, 0.1) is 0 Å². The van der Waals surface area contributed by atoms with E-state index >= 15 is 0 Å². The molecule has 2 N–H and O–H groups in total. The van der Waals surface area contributed by atoms with Crippen molar-refractivity contribution in [3.8, 4) is 0 Å². The average molecular weight is 446 g/mol. The second kappa shape index (κ2) is 9.06. The van der Waals surface area contributed by atoms with Crippen molar-refractivity contribution in [2.24, 2.45) is 0 Å². The summed E-state index contributed by atoms with van der Waals surface area (Å²) in [5.74, 6) is -0.230. The van der Waals surface area contributed by atoms with Gasteiger partial charge < -0.3 is 15.4 Å². The number of hydrogen-bond acceptors (Lipinski definition) is 4. The van der Waals surface area contributed by atoms with Crippen molar-refractivity contribution in [3.05, 3.63) is 78.4 Å². The van der Waals surface area contributed by atoms with Gasteiger partial charge in [0, 0.05) is 22.9 Å². The van der Waals surface area contributed by atoms with E-state index < -0.39 is 0 Å². The summed E-state index contributed by atoms with van der Waals surface area (Å²) in [7, 11) is 0. The number of nitrogens with zero attached hydrogens (tertiary/aromatic N) is 1. The van der Waals surface area contributed by atoms with Crippen LogP contribution in [0.15, 0.2) is 82.6 Å². The largest absolute Gasteiger partial charge is 0.376 e. The van der Waals surface area contributed by atoms with Gasteiger partial charge in [-0.05, 0) is 49.2 Å². The first-order chi connectivity index (χ1) is 15.7. The molecule has 3 amide bonds. The maximum absolute atomic E-state index is 13.5. The van der Waals surface area contributed by atoms with E-state index in [9.17, 15) is 9.59 Å². The number of hydrogen-bond donors (Lipinski definition) is 2. The van der Waals surface area contributed by atoms with Crippen molar-refractivity contribution in [2.75, 3.05) is 23.4 Å². The molecule has 0 aromatic heterocycles. The molecule has 3 aromatic carbocycles. The summed E-state index contributed by atoms with van der Waals surface area (Å²) in [6.45, 7) is 1.20. The standard InChI is InChI=1S/C25H23N3O3S/c29-24(26-16-17-8-7-15-31-17)18-9-1-2-10-19(18)27-25(30)28-20-11-3-5-13-22(20)32-23-14-6-4-12-21(23)28/h1-6,9-14,17H,7-8,15-16H2,(H,26,29)(H,27,30)/t17-/m0/s1. The number of urea groups is 1. The average Bonchev–Trinajstić information content (AvgIpc) is 3.35. The van der Waals surface area contributed by atoms with Crippen molar-refractivity contribution >= 4 is 40.8 Å². The minimum atomic E-state index is -0.315. The van der Waals surface area contributed by atoms with Gasteiger partial charge in [0.2, 0.25) is 0 Å². The number of rotatable bonds is 4. The molecular weight excluding hydrogens is 422 g/mol. The molecule has 1 fully saturated rings. The molecule has 2 aliphatic heterocycles. The summed E-state index contributed by atoms with van der Waals surface area (Å²) in [5, 5.41) is 5.89. The van der Waals surface area contributed by atoms with Gasteiger partial charge in [-0.2, -0.15) is 0 Å². The van der Waals surface area contributed by atoms with Gasteiger partial charge in [-0.15, -0.1) is 0 Å².